The highest BCUT2D eigenvalue weighted by atomic mass is 79.9. The molecule has 0 bridgehead atoms. The van der Waals surface area contributed by atoms with E-state index in [4.69, 9.17) is 9.47 Å². The lowest BCUT2D eigenvalue weighted by Crippen LogP contribution is -2.32. The van der Waals surface area contributed by atoms with E-state index < -0.39 is 17.9 Å². The summed E-state index contributed by atoms with van der Waals surface area (Å²) in [6.07, 6.45) is 1.62. The first-order chi connectivity index (χ1) is 10.9. The van der Waals surface area contributed by atoms with Gasteiger partial charge in [-0.25, -0.2) is 14.6 Å². The number of halogens is 1. The van der Waals surface area contributed by atoms with E-state index >= 15 is 0 Å². The molecule has 0 amide bonds. The molecule has 0 spiro atoms. The highest BCUT2D eigenvalue weighted by molar-refractivity contribution is 9.10. The van der Waals surface area contributed by atoms with Crippen LogP contribution >= 0.6 is 15.9 Å². The maximum atomic E-state index is 12.3. The minimum absolute atomic E-state index is 0. The quantitative estimate of drug-likeness (QED) is 0.611. The predicted octanol–water partition coefficient (Wildman–Crippen LogP) is 1.60. The molecule has 1 aromatic heterocycles. The maximum Gasteiger partial charge on any atom is 0.336 e. The molecule has 8 heteroatoms. The number of hydrogen-bond donors (Lipinski definition) is 1. The number of allylic oxidation sites excluding steroid dienone is 2. The molecule has 0 saturated carbocycles. The van der Waals surface area contributed by atoms with Crippen molar-refractivity contribution in [2.24, 2.45) is 0 Å². The number of esters is 2. The number of pyridine rings is 1. The van der Waals surface area contributed by atoms with Gasteiger partial charge in [-0.3, -0.25) is 0 Å². The van der Waals surface area contributed by atoms with Crippen LogP contribution in [-0.2, 0) is 19.1 Å². The number of hydrogen-bond acceptors (Lipinski definition) is 6. The number of carbonyl (C=O) groups excluding carboxylic acids is 2. The Balaban J connectivity index is 0.00000288. The fourth-order valence-corrected chi connectivity index (χ4v) is 3.16. The molecule has 130 valence electrons. The van der Waals surface area contributed by atoms with Gasteiger partial charge in [-0.15, -0.1) is 0 Å². The molecule has 0 atom stereocenters. The molecular formula is C16H19BrN2O5. The van der Waals surface area contributed by atoms with Crippen molar-refractivity contribution in [2.45, 2.75) is 19.8 Å². The topological polar surface area (TPSA) is 109 Å². The van der Waals surface area contributed by atoms with Gasteiger partial charge in [-0.2, -0.15) is 0 Å². The van der Waals surface area contributed by atoms with Crippen molar-refractivity contribution < 1.29 is 24.5 Å². The van der Waals surface area contributed by atoms with Crippen LogP contribution in [0.2, 0.25) is 0 Å². The summed E-state index contributed by atoms with van der Waals surface area (Å²) in [5.74, 6) is -1.64. The summed E-state index contributed by atoms with van der Waals surface area (Å²) in [6.45, 7) is 3.53. The number of dihydropyridines is 1. The average Bonchev–Trinajstić information content (AvgIpc) is 2.53. The van der Waals surface area contributed by atoms with Crippen molar-refractivity contribution in [1.29, 1.82) is 0 Å². The van der Waals surface area contributed by atoms with E-state index in [-0.39, 0.29) is 5.48 Å². The first-order valence-electron chi connectivity index (χ1n) is 6.88. The summed E-state index contributed by atoms with van der Waals surface area (Å²) in [7, 11) is 2.61. The SMILES string of the molecule is COC(=O)C1=C(C)NC(C)=C(C(=O)OC)C1c1cccnc1Br.O. The molecule has 0 aromatic carbocycles. The summed E-state index contributed by atoms with van der Waals surface area (Å²) in [4.78, 5) is 28.8. The zero-order valence-electron chi connectivity index (χ0n) is 13.8. The second kappa shape index (κ2) is 8.07. The lowest BCUT2D eigenvalue weighted by molar-refractivity contribution is -0.137. The molecule has 0 unspecified atom stereocenters. The average molecular weight is 399 g/mol. The zero-order chi connectivity index (χ0) is 17.1. The van der Waals surface area contributed by atoms with Gasteiger partial charge in [0.2, 0.25) is 0 Å². The van der Waals surface area contributed by atoms with Crippen molar-refractivity contribution in [3.8, 4) is 0 Å². The first kappa shape index (κ1) is 19.9. The van der Waals surface area contributed by atoms with E-state index in [1.807, 2.05) is 0 Å². The van der Waals surface area contributed by atoms with Gasteiger partial charge in [-0.1, -0.05) is 6.07 Å². The second-order valence-electron chi connectivity index (χ2n) is 5.00. The van der Waals surface area contributed by atoms with Crippen molar-refractivity contribution in [3.05, 3.63) is 51.0 Å². The number of rotatable bonds is 3. The van der Waals surface area contributed by atoms with E-state index in [2.05, 4.69) is 26.2 Å². The molecule has 3 N–H and O–H groups in total. The number of ether oxygens (including phenoxy) is 2. The molecule has 0 radical (unpaired) electrons. The van der Waals surface area contributed by atoms with Crippen LogP contribution in [0.3, 0.4) is 0 Å². The van der Waals surface area contributed by atoms with E-state index in [0.29, 0.717) is 32.7 Å². The molecular weight excluding hydrogens is 380 g/mol. The maximum absolute atomic E-state index is 12.3. The Morgan fingerprint density at radius 2 is 1.62 bits per heavy atom. The number of carbonyl (C=O) groups is 2. The normalized spacial score (nSPS) is 14.7. The summed E-state index contributed by atoms with van der Waals surface area (Å²) >= 11 is 3.39. The Kier molecular flexibility index (Phi) is 6.68. The fraction of sp³-hybridized carbons (Fsp3) is 0.312. The lowest BCUT2D eigenvalue weighted by atomic mass is 9.81. The van der Waals surface area contributed by atoms with E-state index in [9.17, 15) is 9.59 Å². The van der Waals surface area contributed by atoms with E-state index in [0.717, 1.165) is 0 Å². The molecule has 0 fully saturated rings. The highest BCUT2D eigenvalue weighted by Crippen LogP contribution is 2.41. The summed E-state index contributed by atoms with van der Waals surface area (Å²) < 4.78 is 10.4. The monoisotopic (exact) mass is 398 g/mol. The van der Waals surface area contributed by atoms with Gasteiger partial charge in [-0.05, 0) is 41.4 Å². The largest absolute Gasteiger partial charge is 0.466 e. The van der Waals surface area contributed by atoms with Gasteiger partial charge in [0.05, 0.1) is 31.3 Å². The molecule has 1 aliphatic heterocycles. The first-order valence-corrected chi connectivity index (χ1v) is 7.67. The van der Waals surface area contributed by atoms with Crippen LogP contribution < -0.4 is 5.32 Å². The Labute approximate surface area is 148 Å². The third kappa shape index (κ3) is 3.49. The standard InChI is InChI=1S/C16H17BrN2O4.H2O/c1-8-11(15(20)22-3)13(10-6-5-7-18-14(10)17)12(9(2)19-8)16(21)23-4;/h5-7,13,19H,1-4H3;1H2. The Bertz CT molecular complexity index is 689. The Hall–Kier alpha value is -2.19. The van der Waals surface area contributed by atoms with Crippen LogP contribution in [0.1, 0.15) is 25.3 Å². The highest BCUT2D eigenvalue weighted by Gasteiger charge is 2.38. The Morgan fingerprint density at radius 3 is 2.04 bits per heavy atom. The van der Waals surface area contributed by atoms with Gasteiger partial charge in [0.25, 0.3) is 0 Å². The van der Waals surface area contributed by atoms with Crippen LogP contribution in [0.5, 0.6) is 0 Å². The van der Waals surface area contributed by atoms with Crippen LogP contribution in [0.15, 0.2) is 45.5 Å². The number of nitrogens with zero attached hydrogens (tertiary/aromatic N) is 1. The fourth-order valence-electron chi connectivity index (χ4n) is 2.68. The Morgan fingerprint density at radius 1 is 1.12 bits per heavy atom. The third-order valence-corrected chi connectivity index (χ3v) is 4.33. The van der Waals surface area contributed by atoms with Gasteiger partial charge < -0.3 is 20.3 Å². The number of nitrogens with one attached hydrogen (secondary N) is 1. The molecule has 0 aliphatic carbocycles. The third-order valence-electron chi connectivity index (χ3n) is 3.67. The number of methoxy groups -OCH3 is 2. The minimum atomic E-state index is -0.626. The minimum Gasteiger partial charge on any atom is -0.466 e. The molecule has 24 heavy (non-hydrogen) atoms. The summed E-state index contributed by atoms with van der Waals surface area (Å²) in [5.41, 5.74) is 2.65. The second-order valence-corrected chi connectivity index (χ2v) is 5.75. The molecule has 0 saturated heterocycles. The smallest absolute Gasteiger partial charge is 0.336 e. The van der Waals surface area contributed by atoms with Crippen molar-refractivity contribution in [3.63, 3.8) is 0 Å². The molecule has 7 nitrogen and oxygen atoms in total. The predicted molar refractivity (Wildman–Crippen MR) is 90.9 cm³/mol. The van der Waals surface area contributed by atoms with Crippen LogP contribution in [0.4, 0.5) is 0 Å². The van der Waals surface area contributed by atoms with Crippen LogP contribution in [0.25, 0.3) is 0 Å². The molecule has 1 aromatic rings. The zero-order valence-corrected chi connectivity index (χ0v) is 15.4. The molecule has 2 heterocycles. The van der Waals surface area contributed by atoms with Crippen molar-refractivity contribution in [1.82, 2.24) is 10.3 Å². The van der Waals surface area contributed by atoms with Gasteiger partial charge >= 0.3 is 11.9 Å². The molecule has 1 aliphatic rings. The van der Waals surface area contributed by atoms with Gasteiger partial charge in [0.15, 0.2) is 0 Å². The summed E-state index contributed by atoms with van der Waals surface area (Å²) in [5, 5.41) is 3.05. The van der Waals surface area contributed by atoms with E-state index in [1.165, 1.54) is 14.2 Å². The van der Waals surface area contributed by atoms with Gasteiger partial charge in [0, 0.05) is 17.6 Å². The number of aromatic nitrogens is 1. The lowest BCUT2D eigenvalue weighted by Gasteiger charge is -2.30. The van der Waals surface area contributed by atoms with Crippen molar-refractivity contribution in [2.75, 3.05) is 14.2 Å². The van der Waals surface area contributed by atoms with Crippen molar-refractivity contribution >= 4 is 27.9 Å². The summed E-state index contributed by atoms with van der Waals surface area (Å²) in [6, 6.07) is 3.55. The van der Waals surface area contributed by atoms with Crippen LogP contribution in [-0.4, -0.2) is 36.6 Å². The van der Waals surface area contributed by atoms with E-state index in [1.54, 1.807) is 32.2 Å². The molecule has 2 rings (SSSR count). The van der Waals surface area contributed by atoms with Gasteiger partial charge in [0.1, 0.15) is 4.60 Å². The van der Waals surface area contributed by atoms with Crippen LogP contribution in [0, 0.1) is 0 Å².